The summed E-state index contributed by atoms with van der Waals surface area (Å²) in [6, 6.07) is 5.86. The third-order valence-corrected chi connectivity index (χ3v) is 3.48. The van der Waals surface area contributed by atoms with Crippen molar-refractivity contribution in [2.75, 3.05) is 13.2 Å². The Labute approximate surface area is 120 Å². The first kappa shape index (κ1) is 13.6. The van der Waals surface area contributed by atoms with Crippen LogP contribution in [0.15, 0.2) is 33.5 Å². The number of phenols is 1. The Bertz CT molecular complexity index is 730. The second kappa shape index (κ2) is 5.57. The topological polar surface area (TPSA) is 88.8 Å². The third-order valence-electron chi connectivity index (χ3n) is 3.48. The predicted molar refractivity (Wildman–Crippen MR) is 75.5 cm³/mol. The maximum Gasteiger partial charge on any atom is 0.349 e. The molecule has 1 atom stereocenters. The zero-order chi connectivity index (χ0) is 14.8. The van der Waals surface area contributed by atoms with E-state index < -0.39 is 11.5 Å². The summed E-state index contributed by atoms with van der Waals surface area (Å²) in [4.78, 5) is 23.9. The molecule has 0 unspecified atom stereocenters. The molecule has 0 bridgehead atoms. The Morgan fingerprint density at radius 3 is 3.00 bits per heavy atom. The molecule has 1 saturated heterocycles. The van der Waals surface area contributed by atoms with E-state index in [1.807, 2.05) is 0 Å². The molecule has 21 heavy (non-hydrogen) atoms. The predicted octanol–water partition coefficient (Wildman–Crippen LogP) is 1.41. The van der Waals surface area contributed by atoms with E-state index in [4.69, 9.17) is 9.15 Å². The van der Waals surface area contributed by atoms with Gasteiger partial charge in [0, 0.05) is 24.6 Å². The van der Waals surface area contributed by atoms with Crippen molar-refractivity contribution in [2.24, 2.45) is 0 Å². The molecule has 0 spiro atoms. The smallest absolute Gasteiger partial charge is 0.349 e. The van der Waals surface area contributed by atoms with E-state index in [0.29, 0.717) is 18.5 Å². The maximum absolute atomic E-state index is 12.1. The molecule has 110 valence electrons. The molecular weight excluding hydrogens is 274 g/mol. The van der Waals surface area contributed by atoms with E-state index in [0.717, 1.165) is 12.8 Å². The molecule has 6 nitrogen and oxygen atoms in total. The van der Waals surface area contributed by atoms with E-state index in [-0.39, 0.29) is 23.0 Å². The van der Waals surface area contributed by atoms with Crippen LogP contribution in [0, 0.1) is 0 Å². The molecule has 1 aromatic heterocycles. The second-order valence-electron chi connectivity index (χ2n) is 5.01. The summed E-state index contributed by atoms with van der Waals surface area (Å²) < 4.78 is 10.5. The number of carbonyl (C=O) groups excluding carboxylic acids is 1. The number of fused-ring (bicyclic) bond motifs is 1. The van der Waals surface area contributed by atoms with Gasteiger partial charge in [-0.2, -0.15) is 0 Å². The van der Waals surface area contributed by atoms with Crippen molar-refractivity contribution in [3.05, 3.63) is 40.2 Å². The standard InChI is InChI=1S/C15H15NO5/c17-10-4-3-9-6-12(15(19)21-13(9)7-10)14(18)16-8-11-2-1-5-20-11/h3-4,6-7,11,17H,1-2,5,8H2,(H,16,18)/t11-/m1/s1. The molecule has 0 saturated carbocycles. The number of aromatic hydroxyl groups is 1. The highest BCUT2D eigenvalue weighted by atomic mass is 16.5. The van der Waals surface area contributed by atoms with Gasteiger partial charge in [0.15, 0.2) is 0 Å². The third kappa shape index (κ3) is 2.90. The van der Waals surface area contributed by atoms with Crippen LogP contribution in [0.25, 0.3) is 11.0 Å². The summed E-state index contributed by atoms with van der Waals surface area (Å²) in [5, 5.41) is 12.6. The number of carbonyl (C=O) groups is 1. The molecule has 1 aliphatic rings. The minimum atomic E-state index is -0.724. The van der Waals surface area contributed by atoms with E-state index in [1.165, 1.54) is 18.2 Å². The van der Waals surface area contributed by atoms with Crippen LogP contribution in [0.4, 0.5) is 0 Å². The van der Waals surface area contributed by atoms with E-state index in [2.05, 4.69) is 5.32 Å². The highest BCUT2D eigenvalue weighted by molar-refractivity contribution is 5.96. The van der Waals surface area contributed by atoms with Crippen LogP contribution < -0.4 is 10.9 Å². The van der Waals surface area contributed by atoms with Gasteiger partial charge in [0.2, 0.25) is 0 Å². The van der Waals surface area contributed by atoms with Gasteiger partial charge in [0.25, 0.3) is 5.91 Å². The van der Waals surface area contributed by atoms with Gasteiger partial charge in [-0.05, 0) is 31.0 Å². The lowest BCUT2D eigenvalue weighted by atomic mass is 10.1. The van der Waals surface area contributed by atoms with Gasteiger partial charge in [0.05, 0.1) is 6.10 Å². The van der Waals surface area contributed by atoms with Crippen molar-refractivity contribution in [1.82, 2.24) is 5.32 Å². The second-order valence-corrected chi connectivity index (χ2v) is 5.01. The zero-order valence-corrected chi connectivity index (χ0v) is 11.3. The summed E-state index contributed by atoms with van der Waals surface area (Å²) in [5.41, 5.74) is -0.528. The number of rotatable bonds is 3. The molecule has 1 aromatic carbocycles. The highest BCUT2D eigenvalue weighted by Crippen LogP contribution is 2.19. The molecule has 1 aliphatic heterocycles. The van der Waals surface area contributed by atoms with Gasteiger partial charge in [-0.15, -0.1) is 0 Å². The molecular formula is C15H15NO5. The fourth-order valence-corrected chi connectivity index (χ4v) is 2.37. The van der Waals surface area contributed by atoms with Crippen LogP contribution in [-0.4, -0.2) is 30.3 Å². The van der Waals surface area contributed by atoms with E-state index in [1.54, 1.807) is 6.07 Å². The molecule has 1 fully saturated rings. The number of ether oxygens (including phenoxy) is 1. The summed E-state index contributed by atoms with van der Waals surface area (Å²) in [5.74, 6) is -0.476. The van der Waals surface area contributed by atoms with Crippen molar-refractivity contribution in [3.8, 4) is 5.75 Å². The summed E-state index contributed by atoms with van der Waals surface area (Å²) in [6.45, 7) is 1.09. The van der Waals surface area contributed by atoms with Crippen molar-refractivity contribution in [2.45, 2.75) is 18.9 Å². The summed E-state index contributed by atoms with van der Waals surface area (Å²) in [6.07, 6.45) is 1.91. The molecule has 2 heterocycles. The Kier molecular flexibility index (Phi) is 3.62. The highest BCUT2D eigenvalue weighted by Gasteiger charge is 2.19. The fraction of sp³-hybridized carbons (Fsp3) is 0.333. The van der Waals surface area contributed by atoms with Crippen molar-refractivity contribution < 1.29 is 19.1 Å². The van der Waals surface area contributed by atoms with Crippen molar-refractivity contribution in [3.63, 3.8) is 0 Å². The van der Waals surface area contributed by atoms with Crippen LogP contribution in [0.3, 0.4) is 0 Å². The Morgan fingerprint density at radius 2 is 2.24 bits per heavy atom. The Hall–Kier alpha value is -2.34. The molecule has 2 aromatic rings. The van der Waals surface area contributed by atoms with Crippen molar-refractivity contribution in [1.29, 1.82) is 0 Å². The fourth-order valence-electron chi connectivity index (χ4n) is 2.37. The number of phenolic OH excluding ortho intramolecular Hbond substituents is 1. The van der Waals surface area contributed by atoms with E-state index in [9.17, 15) is 14.7 Å². The number of nitrogens with one attached hydrogen (secondary N) is 1. The van der Waals surface area contributed by atoms with Crippen LogP contribution >= 0.6 is 0 Å². The van der Waals surface area contributed by atoms with Crippen LogP contribution in [0.1, 0.15) is 23.2 Å². The van der Waals surface area contributed by atoms with Gasteiger partial charge in [0.1, 0.15) is 16.9 Å². The number of amides is 1. The normalized spacial score (nSPS) is 18.0. The molecule has 3 rings (SSSR count). The van der Waals surface area contributed by atoms with Crippen LogP contribution in [0.2, 0.25) is 0 Å². The molecule has 0 radical (unpaired) electrons. The summed E-state index contributed by atoms with van der Waals surface area (Å²) in [7, 11) is 0. The average Bonchev–Trinajstić information content (AvgIpc) is 2.97. The van der Waals surface area contributed by atoms with Gasteiger partial charge < -0.3 is 19.6 Å². The maximum atomic E-state index is 12.1. The quantitative estimate of drug-likeness (QED) is 0.834. The Morgan fingerprint density at radius 1 is 1.38 bits per heavy atom. The zero-order valence-electron chi connectivity index (χ0n) is 11.3. The van der Waals surface area contributed by atoms with Gasteiger partial charge in [-0.3, -0.25) is 4.79 Å². The molecule has 1 amide bonds. The lowest BCUT2D eigenvalue weighted by molar-refractivity contribution is 0.0855. The SMILES string of the molecule is O=C(NC[C@H]1CCCO1)c1cc2ccc(O)cc2oc1=O. The number of benzene rings is 1. The average molecular weight is 289 g/mol. The number of hydrogen-bond acceptors (Lipinski definition) is 5. The lowest BCUT2D eigenvalue weighted by Gasteiger charge is -2.10. The first-order chi connectivity index (χ1) is 10.1. The lowest BCUT2D eigenvalue weighted by Crippen LogP contribution is -2.34. The molecule has 6 heteroatoms. The van der Waals surface area contributed by atoms with Gasteiger partial charge in [-0.25, -0.2) is 4.79 Å². The number of hydrogen-bond donors (Lipinski definition) is 2. The van der Waals surface area contributed by atoms with E-state index >= 15 is 0 Å². The largest absolute Gasteiger partial charge is 0.508 e. The minimum absolute atomic E-state index is 0.00114. The monoisotopic (exact) mass is 289 g/mol. The Balaban J connectivity index is 1.82. The van der Waals surface area contributed by atoms with Gasteiger partial charge in [-0.1, -0.05) is 0 Å². The van der Waals surface area contributed by atoms with Crippen LogP contribution in [-0.2, 0) is 4.74 Å². The van der Waals surface area contributed by atoms with Gasteiger partial charge >= 0.3 is 5.63 Å². The molecule has 2 N–H and O–H groups in total. The van der Waals surface area contributed by atoms with Crippen molar-refractivity contribution >= 4 is 16.9 Å². The minimum Gasteiger partial charge on any atom is -0.508 e. The molecule has 0 aliphatic carbocycles. The first-order valence-corrected chi connectivity index (χ1v) is 6.80. The summed E-state index contributed by atoms with van der Waals surface area (Å²) >= 11 is 0. The van der Waals surface area contributed by atoms with Crippen LogP contribution in [0.5, 0.6) is 5.75 Å². The first-order valence-electron chi connectivity index (χ1n) is 6.80.